The first-order chi connectivity index (χ1) is 9.01. The van der Waals surface area contributed by atoms with E-state index in [1.165, 1.54) is 12.1 Å². The molecule has 3 N–H and O–H groups in total. The van der Waals surface area contributed by atoms with E-state index in [0.29, 0.717) is 13.0 Å². The molecule has 19 heavy (non-hydrogen) atoms. The maximum atomic E-state index is 11.7. The molecule has 1 aromatic carbocycles. The molecule has 0 saturated carbocycles. The molecule has 0 aliphatic heterocycles. The van der Waals surface area contributed by atoms with Crippen LogP contribution in [0.5, 0.6) is 5.75 Å². The minimum atomic E-state index is -0.848. The molecule has 0 aromatic heterocycles. The van der Waals surface area contributed by atoms with Crippen molar-refractivity contribution in [2.45, 2.75) is 26.2 Å². The van der Waals surface area contributed by atoms with Gasteiger partial charge in [0.2, 0.25) is 5.91 Å². The number of carboxylic acid groups (broad SMARTS) is 1. The number of phenolic OH excluding ortho intramolecular Hbond substituents is 1. The highest BCUT2D eigenvalue weighted by Gasteiger charge is 2.12. The lowest BCUT2D eigenvalue weighted by atomic mass is 10.0. The number of hydrogen-bond donors (Lipinski definition) is 3. The first kappa shape index (κ1) is 15.0. The summed E-state index contributed by atoms with van der Waals surface area (Å²) in [5.74, 6) is -0.868. The van der Waals surface area contributed by atoms with Gasteiger partial charge in [-0.25, -0.2) is 0 Å². The number of phenols is 1. The molecule has 0 saturated heterocycles. The molecule has 0 aliphatic rings. The van der Waals surface area contributed by atoms with Gasteiger partial charge in [-0.3, -0.25) is 9.59 Å². The van der Waals surface area contributed by atoms with E-state index in [1.807, 2.05) is 6.92 Å². The van der Waals surface area contributed by atoms with Gasteiger partial charge in [0, 0.05) is 13.0 Å². The Bertz CT molecular complexity index is 428. The lowest BCUT2D eigenvalue weighted by Crippen LogP contribution is -2.31. The molecule has 0 heterocycles. The molecular weight excluding hydrogens is 246 g/mol. The van der Waals surface area contributed by atoms with Crippen LogP contribution in [0.1, 0.15) is 25.3 Å². The SMILES string of the molecule is CCC(CNC(=O)Cc1ccc(O)cc1)CC(=O)O. The Hall–Kier alpha value is -2.04. The molecule has 1 unspecified atom stereocenters. The van der Waals surface area contributed by atoms with Crippen molar-refractivity contribution < 1.29 is 19.8 Å². The van der Waals surface area contributed by atoms with Crippen molar-refractivity contribution in [2.75, 3.05) is 6.54 Å². The Kier molecular flexibility index (Phi) is 5.85. The minimum Gasteiger partial charge on any atom is -0.508 e. The highest BCUT2D eigenvalue weighted by atomic mass is 16.4. The molecule has 1 aromatic rings. The largest absolute Gasteiger partial charge is 0.508 e. The van der Waals surface area contributed by atoms with Crippen LogP contribution in [-0.2, 0) is 16.0 Å². The molecule has 1 amide bonds. The van der Waals surface area contributed by atoms with E-state index in [2.05, 4.69) is 5.32 Å². The predicted octanol–water partition coefficient (Wildman–Crippen LogP) is 1.55. The van der Waals surface area contributed by atoms with Crippen LogP contribution in [0.4, 0.5) is 0 Å². The molecule has 0 spiro atoms. The van der Waals surface area contributed by atoms with Crippen molar-refractivity contribution in [1.82, 2.24) is 5.32 Å². The zero-order valence-electron chi connectivity index (χ0n) is 10.9. The summed E-state index contributed by atoms with van der Waals surface area (Å²) in [6.45, 7) is 2.28. The highest BCUT2D eigenvalue weighted by molar-refractivity contribution is 5.78. The van der Waals surface area contributed by atoms with Crippen LogP contribution < -0.4 is 5.32 Å². The summed E-state index contributed by atoms with van der Waals surface area (Å²) in [5, 5.41) is 20.6. The number of rotatable bonds is 7. The van der Waals surface area contributed by atoms with Crippen molar-refractivity contribution >= 4 is 11.9 Å². The summed E-state index contributed by atoms with van der Waals surface area (Å²) in [5.41, 5.74) is 0.807. The fourth-order valence-electron chi connectivity index (χ4n) is 1.73. The van der Waals surface area contributed by atoms with Gasteiger partial charge in [0.05, 0.1) is 6.42 Å². The first-order valence-corrected chi connectivity index (χ1v) is 6.27. The Morgan fingerprint density at radius 3 is 2.42 bits per heavy atom. The van der Waals surface area contributed by atoms with Crippen molar-refractivity contribution in [2.24, 2.45) is 5.92 Å². The van der Waals surface area contributed by atoms with Gasteiger partial charge < -0.3 is 15.5 Å². The highest BCUT2D eigenvalue weighted by Crippen LogP contribution is 2.10. The summed E-state index contributed by atoms with van der Waals surface area (Å²) in [7, 11) is 0. The summed E-state index contributed by atoms with van der Waals surface area (Å²) >= 11 is 0. The molecule has 1 rings (SSSR count). The van der Waals surface area contributed by atoms with E-state index in [9.17, 15) is 9.59 Å². The van der Waals surface area contributed by atoms with Crippen LogP contribution in [0.25, 0.3) is 0 Å². The molecule has 0 bridgehead atoms. The number of aliphatic carboxylic acids is 1. The summed E-state index contributed by atoms with van der Waals surface area (Å²) in [6, 6.07) is 6.43. The van der Waals surface area contributed by atoms with Crippen LogP contribution >= 0.6 is 0 Å². The fourth-order valence-corrected chi connectivity index (χ4v) is 1.73. The molecule has 104 valence electrons. The molecule has 0 fully saturated rings. The second-order valence-corrected chi connectivity index (χ2v) is 4.52. The van der Waals surface area contributed by atoms with E-state index in [4.69, 9.17) is 10.2 Å². The predicted molar refractivity (Wildman–Crippen MR) is 70.9 cm³/mol. The van der Waals surface area contributed by atoms with Gasteiger partial charge in [-0.15, -0.1) is 0 Å². The van der Waals surface area contributed by atoms with Gasteiger partial charge in [0.25, 0.3) is 0 Å². The number of carbonyl (C=O) groups is 2. The maximum Gasteiger partial charge on any atom is 0.303 e. The van der Waals surface area contributed by atoms with Gasteiger partial charge in [0.15, 0.2) is 0 Å². The van der Waals surface area contributed by atoms with Crippen LogP contribution in [0.2, 0.25) is 0 Å². The second kappa shape index (κ2) is 7.41. The van der Waals surface area contributed by atoms with Gasteiger partial charge in [-0.1, -0.05) is 25.5 Å². The van der Waals surface area contributed by atoms with Crippen LogP contribution in [0, 0.1) is 5.92 Å². The van der Waals surface area contributed by atoms with E-state index >= 15 is 0 Å². The quantitative estimate of drug-likeness (QED) is 0.698. The van der Waals surface area contributed by atoms with Crippen molar-refractivity contribution in [3.63, 3.8) is 0 Å². The van der Waals surface area contributed by atoms with E-state index < -0.39 is 5.97 Å². The third-order valence-electron chi connectivity index (χ3n) is 2.93. The zero-order valence-corrected chi connectivity index (χ0v) is 10.9. The number of hydrogen-bond acceptors (Lipinski definition) is 3. The van der Waals surface area contributed by atoms with Crippen LogP contribution in [0.15, 0.2) is 24.3 Å². The summed E-state index contributed by atoms with van der Waals surface area (Å²) in [4.78, 5) is 22.3. The second-order valence-electron chi connectivity index (χ2n) is 4.52. The smallest absolute Gasteiger partial charge is 0.303 e. The molecule has 5 nitrogen and oxygen atoms in total. The summed E-state index contributed by atoms with van der Waals surface area (Å²) in [6.07, 6.45) is 1.01. The Morgan fingerprint density at radius 1 is 1.26 bits per heavy atom. The van der Waals surface area contributed by atoms with Gasteiger partial charge in [-0.2, -0.15) is 0 Å². The van der Waals surface area contributed by atoms with Gasteiger partial charge >= 0.3 is 5.97 Å². The van der Waals surface area contributed by atoms with Crippen molar-refractivity contribution in [3.8, 4) is 5.75 Å². The molecule has 5 heteroatoms. The zero-order chi connectivity index (χ0) is 14.3. The Balaban J connectivity index is 2.38. The molecular formula is C14H19NO4. The lowest BCUT2D eigenvalue weighted by Gasteiger charge is -2.13. The third-order valence-corrected chi connectivity index (χ3v) is 2.93. The number of nitrogens with one attached hydrogen (secondary N) is 1. The van der Waals surface area contributed by atoms with Crippen LogP contribution in [0.3, 0.4) is 0 Å². The Labute approximate surface area is 112 Å². The van der Waals surface area contributed by atoms with E-state index in [-0.39, 0.29) is 30.4 Å². The number of carbonyl (C=O) groups excluding carboxylic acids is 1. The third kappa shape index (κ3) is 5.90. The molecule has 1 atom stereocenters. The average Bonchev–Trinajstić information content (AvgIpc) is 2.37. The summed E-state index contributed by atoms with van der Waals surface area (Å²) < 4.78 is 0. The van der Waals surface area contributed by atoms with Gasteiger partial charge in [-0.05, 0) is 23.6 Å². The number of carboxylic acids is 1. The lowest BCUT2D eigenvalue weighted by molar-refractivity contribution is -0.138. The van der Waals surface area contributed by atoms with E-state index in [0.717, 1.165) is 5.56 Å². The van der Waals surface area contributed by atoms with E-state index in [1.54, 1.807) is 12.1 Å². The number of amides is 1. The monoisotopic (exact) mass is 265 g/mol. The minimum absolute atomic E-state index is 0.0405. The van der Waals surface area contributed by atoms with Crippen LogP contribution in [-0.4, -0.2) is 28.6 Å². The molecule has 0 aliphatic carbocycles. The standard InChI is InChI=1S/C14H19NO4/c1-2-10(8-14(18)19)9-15-13(17)7-11-3-5-12(16)6-4-11/h3-6,10,16H,2,7-9H2,1H3,(H,15,17)(H,18,19). The normalized spacial score (nSPS) is 11.8. The van der Waals surface area contributed by atoms with Gasteiger partial charge in [0.1, 0.15) is 5.75 Å². The van der Waals surface area contributed by atoms with Crippen molar-refractivity contribution in [1.29, 1.82) is 0 Å². The maximum absolute atomic E-state index is 11.7. The first-order valence-electron chi connectivity index (χ1n) is 6.27. The number of aromatic hydroxyl groups is 1. The number of benzene rings is 1. The van der Waals surface area contributed by atoms with Crippen molar-refractivity contribution in [3.05, 3.63) is 29.8 Å². The Morgan fingerprint density at radius 2 is 1.89 bits per heavy atom. The molecule has 0 radical (unpaired) electrons. The average molecular weight is 265 g/mol. The fraction of sp³-hybridized carbons (Fsp3) is 0.429. The topological polar surface area (TPSA) is 86.6 Å².